The van der Waals surface area contributed by atoms with Crippen LogP contribution in [0.5, 0.6) is 0 Å². The van der Waals surface area contributed by atoms with Gasteiger partial charge in [-0.05, 0) is 74.8 Å². The van der Waals surface area contributed by atoms with Crippen molar-refractivity contribution in [1.82, 2.24) is 5.32 Å². The lowest BCUT2D eigenvalue weighted by atomic mass is 9.96. The van der Waals surface area contributed by atoms with Crippen LogP contribution >= 0.6 is 0 Å². The lowest BCUT2D eigenvalue weighted by molar-refractivity contribution is -0.138. The molecule has 0 aliphatic carbocycles. The van der Waals surface area contributed by atoms with E-state index in [1.165, 1.54) is 11.6 Å². The van der Waals surface area contributed by atoms with E-state index in [4.69, 9.17) is 4.74 Å². The van der Waals surface area contributed by atoms with Crippen LogP contribution in [-0.4, -0.2) is 25.6 Å². The van der Waals surface area contributed by atoms with Gasteiger partial charge in [0.1, 0.15) is 0 Å². The summed E-state index contributed by atoms with van der Waals surface area (Å²) in [6, 6.07) is 12.8. The summed E-state index contributed by atoms with van der Waals surface area (Å²) in [5.41, 5.74) is 2.93. The fraction of sp³-hybridized carbons (Fsp3) is 0.464. The Morgan fingerprint density at radius 2 is 1.79 bits per heavy atom. The SMILES string of the molecule is C/C=C(\N=C(OC)C1CCCN1)c1ccc(CCc2ccc(CCCC)cc2)c(C(F)(F)F)c1. The van der Waals surface area contributed by atoms with E-state index >= 15 is 0 Å². The number of nitrogens with one attached hydrogen (secondary N) is 1. The van der Waals surface area contributed by atoms with Gasteiger partial charge in [0.25, 0.3) is 0 Å². The van der Waals surface area contributed by atoms with Gasteiger partial charge in [-0.2, -0.15) is 13.2 Å². The number of unbranched alkanes of at least 4 members (excludes halogenated alkanes) is 1. The first-order chi connectivity index (χ1) is 16.4. The van der Waals surface area contributed by atoms with E-state index in [1.807, 2.05) is 12.1 Å². The molecule has 0 amide bonds. The highest BCUT2D eigenvalue weighted by Gasteiger charge is 2.33. The minimum atomic E-state index is -4.44. The van der Waals surface area contributed by atoms with Crippen molar-refractivity contribution in [2.75, 3.05) is 13.7 Å². The van der Waals surface area contributed by atoms with Gasteiger partial charge in [-0.3, -0.25) is 0 Å². The summed E-state index contributed by atoms with van der Waals surface area (Å²) in [4.78, 5) is 4.57. The largest absolute Gasteiger partial charge is 0.483 e. The van der Waals surface area contributed by atoms with Crippen LogP contribution < -0.4 is 5.32 Å². The second-order valence-corrected chi connectivity index (χ2v) is 8.77. The molecule has 1 heterocycles. The second kappa shape index (κ2) is 12.2. The molecule has 0 spiro atoms. The van der Waals surface area contributed by atoms with Gasteiger partial charge in [0.15, 0.2) is 0 Å². The van der Waals surface area contributed by atoms with Crippen LogP contribution in [0, 0.1) is 0 Å². The molecule has 0 aromatic heterocycles. The van der Waals surface area contributed by atoms with Gasteiger partial charge in [0, 0.05) is 5.56 Å². The minimum Gasteiger partial charge on any atom is -0.483 e. The van der Waals surface area contributed by atoms with Crippen molar-refractivity contribution in [3.63, 3.8) is 0 Å². The topological polar surface area (TPSA) is 33.6 Å². The van der Waals surface area contributed by atoms with Crippen LogP contribution in [0.1, 0.15) is 67.3 Å². The fourth-order valence-electron chi connectivity index (χ4n) is 4.33. The van der Waals surface area contributed by atoms with Crippen LogP contribution in [0.3, 0.4) is 0 Å². The molecular formula is C28H35F3N2O. The molecule has 1 aliphatic rings. The van der Waals surface area contributed by atoms with Gasteiger partial charge < -0.3 is 10.1 Å². The Morgan fingerprint density at radius 3 is 2.35 bits per heavy atom. The van der Waals surface area contributed by atoms with Crippen molar-refractivity contribution in [2.24, 2.45) is 4.99 Å². The molecule has 0 saturated carbocycles. The molecule has 184 valence electrons. The third-order valence-corrected chi connectivity index (χ3v) is 6.31. The number of allylic oxidation sites excluding steroid dienone is 1. The van der Waals surface area contributed by atoms with Gasteiger partial charge >= 0.3 is 6.18 Å². The Kier molecular flexibility index (Phi) is 9.34. The van der Waals surface area contributed by atoms with Crippen LogP contribution in [0.15, 0.2) is 53.5 Å². The molecular weight excluding hydrogens is 437 g/mol. The van der Waals surface area contributed by atoms with Crippen molar-refractivity contribution in [1.29, 1.82) is 0 Å². The quantitative estimate of drug-likeness (QED) is 0.315. The Hall–Kier alpha value is -2.60. The lowest BCUT2D eigenvalue weighted by Gasteiger charge is -2.17. The molecule has 3 nitrogen and oxygen atoms in total. The molecule has 1 N–H and O–H groups in total. The molecule has 1 saturated heterocycles. The fourth-order valence-corrected chi connectivity index (χ4v) is 4.33. The van der Waals surface area contributed by atoms with E-state index < -0.39 is 11.7 Å². The number of ether oxygens (including phenoxy) is 1. The van der Waals surface area contributed by atoms with Crippen molar-refractivity contribution in [3.8, 4) is 0 Å². The average Bonchev–Trinajstić information content (AvgIpc) is 3.37. The van der Waals surface area contributed by atoms with E-state index in [0.717, 1.165) is 44.2 Å². The van der Waals surface area contributed by atoms with Crippen molar-refractivity contribution in [2.45, 2.75) is 71.0 Å². The van der Waals surface area contributed by atoms with Crippen molar-refractivity contribution < 1.29 is 17.9 Å². The molecule has 2 aromatic rings. The number of hydrogen-bond acceptors (Lipinski definition) is 3. The number of aryl methyl sites for hydroxylation is 3. The van der Waals surface area contributed by atoms with Crippen LogP contribution in [0.2, 0.25) is 0 Å². The molecule has 1 aliphatic heterocycles. The van der Waals surface area contributed by atoms with E-state index in [1.54, 1.807) is 32.2 Å². The average molecular weight is 473 g/mol. The molecule has 1 fully saturated rings. The highest BCUT2D eigenvalue weighted by atomic mass is 19.4. The molecule has 0 radical (unpaired) electrons. The maximum absolute atomic E-state index is 14.0. The zero-order valence-corrected chi connectivity index (χ0v) is 20.3. The first-order valence-electron chi connectivity index (χ1n) is 12.2. The maximum Gasteiger partial charge on any atom is 0.416 e. The third kappa shape index (κ3) is 6.95. The molecule has 3 rings (SSSR count). The van der Waals surface area contributed by atoms with Gasteiger partial charge in [-0.25, -0.2) is 4.99 Å². The molecule has 6 heteroatoms. The Bertz CT molecular complexity index is 988. The molecule has 2 aromatic carbocycles. The van der Waals surface area contributed by atoms with Gasteiger partial charge in [-0.1, -0.05) is 55.8 Å². The number of hydrogen-bond donors (Lipinski definition) is 1. The number of methoxy groups -OCH3 is 1. The molecule has 34 heavy (non-hydrogen) atoms. The van der Waals surface area contributed by atoms with E-state index in [9.17, 15) is 13.2 Å². The highest BCUT2D eigenvalue weighted by molar-refractivity contribution is 5.88. The summed E-state index contributed by atoms with van der Waals surface area (Å²) in [6.45, 7) is 4.82. The number of aliphatic imine (C=N–C) groups is 1. The summed E-state index contributed by atoms with van der Waals surface area (Å²) >= 11 is 0. The number of halogens is 3. The predicted molar refractivity (Wildman–Crippen MR) is 133 cm³/mol. The van der Waals surface area contributed by atoms with E-state index in [0.29, 0.717) is 35.6 Å². The zero-order chi connectivity index (χ0) is 24.6. The number of benzene rings is 2. The van der Waals surface area contributed by atoms with Crippen molar-refractivity contribution in [3.05, 3.63) is 76.4 Å². The van der Waals surface area contributed by atoms with Gasteiger partial charge in [0.2, 0.25) is 5.90 Å². The van der Waals surface area contributed by atoms with Crippen LogP contribution in [-0.2, 0) is 30.2 Å². The molecule has 1 unspecified atom stereocenters. The standard InChI is InChI=1S/C28H35F3N2O/c1-4-6-8-20-10-12-21(13-11-20)14-15-22-16-17-23(19-24(22)28(29,30)31)25(5-2)33-27(34-3)26-9-7-18-32-26/h5,10-13,16-17,19,26,32H,4,6-9,14-15,18H2,1-3H3/b25-5-,33-27?. The minimum absolute atomic E-state index is 0.00493. The highest BCUT2D eigenvalue weighted by Crippen LogP contribution is 2.35. The third-order valence-electron chi connectivity index (χ3n) is 6.31. The normalized spacial score (nSPS) is 17.3. The van der Waals surface area contributed by atoms with Crippen LogP contribution in [0.25, 0.3) is 5.70 Å². The summed E-state index contributed by atoms with van der Waals surface area (Å²) in [7, 11) is 1.55. The Morgan fingerprint density at radius 1 is 1.09 bits per heavy atom. The molecule has 0 bridgehead atoms. The smallest absolute Gasteiger partial charge is 0.416 e. The van der Waals surface area contributed by atoms with Crippen molar-refractivity contribution >= 4 is 11.6 Å². The summed E-state index contributed by atoms with van der Waals surface area (Å²) in [5.74, 6) is 0.505. The predicted octanol–water partition coefficient (Wildman–Crippen LogP) is 6.99. The van der Waals surface area contributed by atoms with E-state index in [2.05, 4.69) is 29.4 Å². The monoisotopic (exact) mass is 472 g/mol. The zero-order valence-electron chi connectivity index (χ0n) is 20.3. The van der Waals surface area contributed by atoms with Crippen LogP contribution in [0.4, 0.5) is 13.2 Å². The first-order valence-corrected chi connectivity index (χ1v) is 12.2. The summed E-state index contributed by atoms with van der Waals surface area (Å²) < 4.78 is 47.4. The first kappa shape index (κ1) is 26.0. The Balaban J connectivity index is 1.80. The lowest BCUT2D eigenvalue weighted by Crippen LogP contribution is -2.32. The second-order valence-electron chi connectivity index (χ2n) is 8.77. The summed E-state index contributed by atoms with van der Waals surface area (Å²) in [6.07, 6.45) is 3.42. The van der Waals surface area contributed by atoms with Gasteiger partial charge in [0.05, 0.1) is 24.4 Å². The Labute approximate surface area is 201 Å². The number of alkyl halides is 3. The summed E-state index contributed by atoms with van der Waals surface area (Å²) in [5, 5.41) is 3.32. The van der Waals surface area contributed by atoms with Gasteiger partial charge in [-0.15, -0.1) is 0 Å². The number of rotatable bonds is 9. The molecule has 1 atom stereocenters. The van der Waals surface area contributed by atoms with E-state index in [-0.39, 0.29) is 6.04 Å². The maximum atomic E-state index is 14.0. The number of nitrogens with zero attached hydrogens (tertiary/aromatic N) is 1.